The smallest absolute Gasteiger partial charge is 0.191 e. The van der Waals surface area contributed by atoms with E-state index in [1.807, 2.05) is 0 Å². The van der Waals surface area contributed by atoms with Gasteiger partial charge in [0.1, 0.15) is 0 Å². The Bertz CT molecular complexity index is 750. The second-order valence-corrected chi connectivity index (χ2v) is 9.53. The first-order valence-corrected chi connectivity index (χ1v) is 11.4. The van der Waals surface area contributed by atoms with Gasteiger partial charge < -0.3 is 15.4 Å². The second-order valence-electron chi connectivity index (χ2n) is 9.53. The molecule has 0 bridgehead atoms. The lowest BCUT2D eigenvalue weighted by molar-refractivity contribution is -0.171. The van der Waals surface area contributed by atoms with Crippen molar-refractivity contribution >= 4 is 5.96 Å². The van der Waals surface area contributed by atoms with Gasteiger partial charge in [-0.25, -0.2) is 0 Å². The molecular formula is C22H35N5O. The first-order valence-electron chi connectivity index (χ1n) is 11.4. The topological polar surface area (TPSA) is 63.5 Å². The average Bonchev–Trinajstić information content (AvgIpc) is 3.23. The Kier molecular flexibility index (Phi) is 4.65. The fraction of sp³-hybridized carbons (Fsp3) is 0.818. The molecule has 1 saturated heterocycles. The van der Waals surface area contributed by atoms with Gasteiger partial charge in [-0.15, -0.1) is 0 Å². The summed E-state index contributed by atoms with van der Waals surface area (Å²) in [6, 6.07) is 1.37. The lowest BCUT2D eigenvalue weighted by Gasteiger charge is -2.63. The van der Waals surface area contributed by atoms with E-state index in [0.29, 0.717) is 35.6 Å². The molecule has 3 aliphatic carbocycles. The van der Waals surface area contributed by atoms with Crippen LogP contribution in [0.2, 0.25) is 0 Å². The van der Waals surface area contributed by atoms with Crippen molar-refractivity contribution in [2.45, 2.75) is 89.9 Å². The normalized spacial score (nSPS) is 33.2. The van der Waals surface area contributed by atoms with Crippen molar-refractivity contribution in [3.8, 4) is 0 Å². The van der Waals surface area contributed by atoms with E-state index in [9.17, 15) is 0 Å². The molecule has 154 valence electrons. The van der Waals surface area contributed by atoms with Gasteiger partial charge in [0.15, 0.2) is 5.96 Å². The SMILES string of the molecule is CCN=C(NC1CCc2cn(C(C)C)nc2C1)NC1C2CCOC2C12CCC2. The van der Waals surface area contributed by atoms with Gasteiger partial charge in [0.25, 0.3) is 0 Å². The highest BCUT2D eigenvalue weighted by molar-refractivity contribution is 5.81. The van der Waals surface area contributed by atoms with Crippen LogP contribution in [-0.4, -0.2) is 47.1 Å². The second kappa shape index (κ2) is 7.05. The monoisotopic (exact) mass is 385 g/mol. The Labute approximate surface area is 168 Å². The fourth-order valence-electron chi connectivity index (χ4n) is 5.99. The summed E-state index contributed by atoms with van der Waals surface area (Å²) in [5.74, 6) is 1.67. The molecule has 4 unspecified atom stereocenters. The minimum absolute atomic E-state index is 0.382. The van der Waals surface area contributed by atoms with Gasteiger partial charge >= 0.3 is 0 Å². The largest absolute Gasteiger partial charge is 0.377 e. The maximum absolute atomic E-state index is 6.08. The van der Waals surface area contributed by atoms with Crippen LogP contribution in [0.3, 0.4) is 0 Å². The number of ether oxygens (including phenoxy) is 1. The predicted octanol–water partition coefficient (Wildman–Crippen LogP) is 2.83. The zero-order valence-corrected chi connectivity index (χ0v) is 17.6. The van der Waals surface area contributed by atoms with E-state index in [0.717, 1.165) is 38.4 Å². The molecular weight excluding hydrogens is 350 g/mol. The van der Waals surface area contributed by atoms with Crippen LogP contribution in [-0.2, 0) is 17.6 Å². The quantitative estimate of drug-likeness (QED) is 0.618. The number of guanidine groups is 1. The van der Waals surface area contributed by atoms with Crippen molar-refractivity contribution < 1.29 is 4.74 Å². The molecule has 2 saturated carbocycles. The number of nitrogens with one attached hydrogen (secondary N) is 2. The molecule has 0 radical (unpaired) electrons. The van der Waals surface area contributed by atoms with Crippen LogP contribution in [0.1, 0.15) is 70.2 Å². The van der Waals surface area contributed by atoms with Crippen molar-refractivity contribution in [1.82, 2.24) is 20.4 Å². The molecule has 1 aliphatic heterocycles. The van der Waals surface area contributed by atoms with E-state index < -0.39 is 0 Å². The number of nitrogens with zero attached hydrogens (tertiary/aromatic N) is 3. The molecule has 3 fully saturated rings. The first kappa shape index (κ1) is 18.5. The summed E-state index contributed by atoms with van der Waals surface area (Å²) in [5, 5.41) is 12.4. The Balaban J connectivity index is 1.26. The van der Waals surface area contributed by atoms with Crippen LogP contribution >= 0.6 is 0 Å². The number of aryl methyl sites for hydroxylation is 1. The number of aliphatic imine (C=N–C) groups is 1. The molecule has 1 aromatic heterocycles. The molecule has 0 aromatic carbocycles. The Morgan fingerprint density at radius 1 is 1.36 bits per heavy atom. The zero-order chi connectivity index (χ0) is 19.3. The lowest BCUT2D eigenvalue weighted by atomic mass is 9.46. The third-order valence-corrected chi connectivity index (χ3v) is 7.61. The predicted molar refractivity (Wildman–Crippen MR) is 111 cm³/mol. The Morgan fingerprint density at radius 2 is 2.21 bits per heavy atom. The molecule has 0 amide bonds. The highest BCUT2D eigenvalue weighted by atomic mass is 16.5. The summed E-state index contributed by atoms with van der Waals surface area (Å²) in [5.41, 5.74) is 3.07. The molecule has 2 N–H and O–H groups in total. The van der Waals surface area contributed by atoms with Gasteiger partial charge in [0, 0.05) is 55.2 Å². The van der Waals surface area contributed by atoms with Crippen molar-refractivity contribution in [2.24, 2.45) is 16.3 Å². The van der Waals surface area contributed by atoms with Crippen molar-refractivity contribution in [3.63, 3.8) is 0 Å². The summed E-state index contributed by atoms with van der Waals surface area (Å²) in [6.07, 6.45) is 11.1. The first-order chi connectivity index (χ1) is 13.6. The molecule has 2 heterocycles. The molecule has 5 rings (SSSR count). The van der Waals surface area contributed by atoms with Crippen LogP contribution < -0.4 is 10.6 Å². The van der Waals surface area contributed by atoms with Crippen LogP contribution in [0, 0.1) is 11.3 Å². The maximum atomic E-state index is 6.08. The van der Waals surface area contributed by atoms with Crippen LogP contribution in [0.15, 0.2) is 11.2 Å². The number of rotatable bonds is 4. The highest BCUT2D eigenvalue weighted by Gasteiger charge is 2.66. The average molecular weight is 386 g/mol. The van der Waals surface area contributed by atoms with Crippen molar-refractivity contribution in [3.05, 3.63) is 17.5 Å². The van der Waals surface area contributed by atoms with Gasteiger partial charge in [-0.1, -0.05) is 6.42 Å². The van der Waals surface area contributed by atoms with Gasteiger partial charge in [0.05, 0.1) is 11.8 Å². The zero-order valence-electron chi connectivity index (χ0n) is 17.6. The minimum Gasteiger partial charge on any atom is -0.377 e. The van der Waals surface area contributed by atoms with Crippen molar-refractivity contribution in [1.29, 1.82) is 0 Å². The van der Waals surface area contributed by atoms with Crippen LogP contribution in [0.25, 0.3) is 0 Å². The van der Waals surface area contributed by atoms with E-state index in [1.54, 1.807) is 0 Å². The molecule has 4 aliphatic rings. The number of fused-ring (bicyclic) bond motifs is 3. The van der Waals surface area contributed by atoms with Crippen LogP contribution in [0.5, 0.6) is 0 Å². The molecule has 6 heteroatoms. The number of hydrogen-bond acceptors (Lipinski definition) is 3. The minimum atomic E-state index is 0.382. The summed E-state index contributed by atoms with van der Waals surface area (Å²) in [7, 11) is 0. The molecule has 6 nitrogen and oxygen atoms in total. The van der Waals surface area contributed by atoms with Gasteiger partial charge in [-0.05, 0) is 58.4 Å². The van der Waals surface area contributed by atoms with E-state index in [2.05, 4.69) is 42.3 Å². The van der Waals surface area contributed by atoms with Gasteiger partial charge in [0.2, 0.25) is 0 Å². The summed E-state index contributed by atoms with van der Waals surface area (Å²) in [4.78, 5) is 4.80. The summed E-state index contributed by atoms with van der Waals surface area (Å²) >= 11 is 0. The van der Waals surface area contributed by atoms with E-state index >= 15 is 0 Å². The van der Waals surface area contributed by atoms with E-state index in [1.165, 1.54) is 36.9 Å². The third kappa shape index (κ3) is 2.87. The molecule has 1 spiro atoms. The third-order valence-electron chi connectivity index (χ3n) is 7.61. The molecule has 1 aromatic rings. The Morgan fingerprint density at radius 3 is 2.93 bits per heavy atom. The number of aromatic nitrogens is 2. The fourth-order valence-corrected chi connectivity index (χ4v) is 5.99. The molecule has 4 atom stereocenters. The van der Waals surface area contributed by atoms with Gasteiger partial charge in [-0.2, -0.15) is 5.10 Å². The van der Waals surface area contributed by atoms with Crippen LogP contribution in [0.4, 0.5) is 0 Å². The van der Waals surface area contributed by atoms with E-state index in [4.69, 9.17) is 14.8 Å². The van der Waals surface area contributed by atoms with Crippen molar-refractivity contribution in [2.75, 3.05) is 13.2 Å². The van der Waals surface area contributed by atoms with Gasteiger partial charge in [-0.3, -0.25) is 9.67 Å². The summed E-state index contributed by atoms with van der Waals surface area (Å²) < 4.78 is 8.19. The standard InChI is InChI=1S/C22H35N5O/c1-4-23-21(25-19-17-8-11-28-20(17)22(19)9-5-10-22)24-16-7-6-15-13-27(14(2)3)26-18(15)12-16/h13-14,16-17,19-20H,4-12H2,1-3H3,(H2,23,24,25). The summed E-state index contributed by atoms with van der Waals surface area (Å²) in [6.45, 7) is 8.25. The van der Waals surface area contributed by atoms with E-state index in [-0.39, 0.29) is 0 Å². The molecule has 28 heavy (non-hydrogen) atoms. The maximum Gasteiger partial charge on any atom is 0.191 e. The highest BCUT2D eigenvalue weighted by Crippen LogP contribution is 2.62. The lowest BCUT2D eigenvalue weighted by Crippen LogP contribution is -2.72. The Hall–Kier alpha value is -1.56. The number of hydrogen-bond donors (Lipinski definition) is 2.